The molecule has 1 N–H and O–H groups in total. The molecule has 4 rings (SSSR count). The molecule has 0 bridgehead atoms. The van der Waals surface area contributed by atoms with E-state index in [4.69, 9.17) is 4.74 Å². The Labute approximate surface area is 194 Å². The Kier molecular flexibility index (Phi) is 6.17. The molecule has 0 saturated carbocycles. The molecule has 2 heterocycles. The molecule has 2 aromatic rings. The number of ketones is 1. The number of likely N-dealkylation sites (N-methyl/N-ethyl adjacent to an activating group) is 1. The Morgan fingerprint density at radius 3 is 2.42 bits per heavy atom. The van der Waals surface area contributed by atoms with E-state index >= 15 is 0 Å². The first-order chi connectivity index (χ1) is 15.7. The summed E-state index contributed by atoms with van der Waals surface area (Å²) in [4.78, 5) is 31.7. The van der Waals surface area contributed by atoms with Gasteiger partial charge in [-0.15, -0.1) is 0 Å². The second-order valence-corrected chi connectivity index (χ2v) is 9.24. The van der Waals surface area contributed by atoms with Gasteiger partial charge in [-0.25, -0.2) is 0 Å². The largest absolute Gasteiger partial charge is 0.507 e. The second-order valence-electron chi connectivity index (χ2n) is 9.24. The normalized spacial score (nSPS) is 21.5. The average Bonchev–Trinajstić information content (AvgIpc) is 3.27. The first-order valence-electron chi connectivity index (χ1n) is 11.2. The first-order valence-corrected chi connectivity index (χ1v) is 11.2. The number of likely N-dealkylation sites (tertiary alicyclic amines) is 1. The quantitative estimate of drug-likeness (QED) is 0.415. The number of carbonyl (C=O) groups is 2. The molecular formula is C26H31N3O4. The Balaban J connectivity index is 1.80. The Morgan fingerprint density at radius 2 is 1.79 bits per heavy atom. The number of rotatable bonds is 6. The van der Waals surface area contributed by atoms with Crippen LogP contribution in [0.15, 0.2) is 48.0 Å². The van der Waals surface area contributed by atoms with Gasteiger partial charge in [-0.3, -0.25) is 9.59 Å². The maximum Gasteiger partial charge on any atom is 0.295 e. The van der Waals surface area contributed by atoms with Crippen molar-refractivity contribution >= 4 is 23.1 Å². The molecular weight excluding hydrogens is 418 g/mol. The van der Waals surface area contributed by atoms with Gasteiger partial charge in [-0.05, 0) is 62.5 Å². The van der Waals surface area contributed by atoms with Gasteiger partial charge >= 0.3 is 0 Å². The Morgan fingerprint density at radius 1 is 1.09 bits per heavy atom. The van der Waals surface area contributed by atoms with Gasteiger partial charge in [0, 0.05) is 44.9 Å². The van der Waals surface area contributed by atoms with Crippen LogP contribution < -0.4 is 9.64 Å². The summed E-state index contributed by atoms with van der Waals surface area (Å²) in [5.74, 6) is -0.595. The highest BCUT2D eigenvalue weighted by atomic mass is 16.5. The van der Waals surface area contributed by atoms with Gasteiger partial charge in [0.05, 0.1) is 11.6 Å². The lowest BCUT2D eigenvalue weighted by Crippen LogP contribution is -2.35. The first kappa shape index (κ1) is 22.9. The number of carbonyl (C=O) groups excluding carboxylic acids is 2. The lowest BCUT2D eigenvalue weighted by atomic mass is 9.94. The topological polar surface area (TPSA) is 73.3 Å². The highest BCUT2D eigenvalue weighted by molar-refractivity contribution is 6.46. The number of ether oxygens (including phenoxy) is 1. The van der Waals surface area contributed by atoms with E-state index in [1.165, 1.54) is 0 Å². The van der Waals surface area contributed by atoms with E-state index in [0.717, 1.165) is 29.0 Å². The van der Waals surface area contributed by atoms with Crippen LogP contribution in [0.1, 0.15) is 29.7 Å². The zero-order valence-electron chi connectivity index (χ0n) is 19.8. The van der Waals surface area contributed by atoms with Gasteiger partial charge in [-0.1, -0.05) is 12.1 Å². The van der Waals surface area contributed by atoms with Crippen molar-refractivity contribution in [3.05, 3.63) is 64.7 Å². The maximum atomic E-state index is 13.2. The summed E-state index contributed by atoms with van der Waals surface area (Å²) in [7, 11) is 7.75. The molecule has 0 spiro atoms. The summed E-state index contributed by atoms with van der Waals surface area (Å²) in [5.41, 5.74) is 3.44. The number of Topliss-reactive ketones (excluding diaryl/α,β-unsaturated/α-hetero) is 1. The molecule has 0 radical (unpaired) electrons. The summed E-state index contributed by atoms with van der Waals surface area (Å²) < 4.78 is 5.76. The van der Waals surface area contributed by atoms with Crippen molar-refractivity contribution in [1.82, 2.24) is 9.80 Å². The summed E-state index contributed by atoms with van der Waals surface area (Å²) in [6.07, 6.45) is 0.812. The van der Waals surface area contributed by atoms with Crippen molar-refractivity contribution in [2.24, 2.45) is 0 Å². The molecule has 0 unspecified atom stereocenters. The molecule has 2 aliphatic rings. The summed E-state index contributed by atoms with van der Waals surface area (Å²) >= 11 is 0. The lowest BCUT2D eigenvalue weighted by Gasteiger charge is -2.27. The van der Waals surface area contributed by atoms with Crippen LogP contribution >= 0.6 is 0 Å². The minimum Gasteiger partial charge on any atom is -0.507 e. The molecule has 174 valence electrons. The van der Waals surface area contributed by atoms with Gasteiger partial charge in [0.1, 0.15) is 17.6 Å². The predicted molar refractivity (Wildman–Crippen MR) is 129 cm³/mol. The predicted octanol–water partition coefficient (Wildman–Crippen LogP) is 3.06. The fourth-order valence-electron chi connectivity index (χ4n) is 4.44. The van der Waals surface area contributed by atoms with E-state index < -0.39 is 17.7 Å². The van der Waals surface area contributed by atoms with Crippen LogP contribution in [0, 0.1) is 0 Å². The Hall–Kier alpha value is -3.32. The van der Waals surface area contributed by atoms with Crippen molar-refractivity contribution in [3.63, 3.8) is 0 Å². The molecule has 2 atom stereocenters. The van der Waals surface area contributed by atoms with E-state index in [0.29, 0.717) is 18.7 Å². The zero-order chi connectivity index (χ0) is 23.9. The van der Waals surface area contributed by atoms with E-state index in [-0.39, 0.29) is 17.4 Å². The molecule has 7 nitrogen and oxygen atoms in total. The van der Waals surface area contributed by atoms with Crippen molar-refractivity contribution in [3.8, 4) is 5.75 Å². The third-order valence-corrected chi connectivity index (χ3v) is 6.22. The van der Waals surface area contributed by atoms with Crippen LogP contribution in [-0.2, 0) is 16.0 Å². The maximum absolute atomic E-state index is 13.2. The number of amides is 1. The number of aliphatic hydroxyl groups excluding tert-OH is 1. The van der Waals surface area contributed by atoms with Crippen LogP contribution in [0.2, 0.25) is 0 Å². The van der Waals surface area contributed by atoms with Crippen molar-refractivity contribution in [1.29, 1.82) is 0 Å². The molecule has 2 aromatic carbocycles. The number of aliphatic hydroxyl groups is 1. The standard InChI is InChI=1S/C26H31N3O4/c1-16-14-19-15-18(8-11-21(19)33-16)24(30)22-23(17-6-9-20(10-7-17)28(4)5)29(13-12-27(2)3)26(32)25(22)31/h6-11,15-16,23,30H,12-14H2,1-5H3/b24-22+/t16-,23-/m1/s1. The van der Waals surface area contributed by atoms with Crippen LogP contribution in [0.25, 0.3) is 5.76 Å². The van der Waals surface area contributed by atoms with Crippen molar-refractivity contribution in [2.45, 2.75) is 25.5 Å². The smallest absolute Gasteiger partial charge is 0.295 e. The minimum atomic E-state index is -0.655. The zero-order valence-corrected chi connectivity index (χ0v) is 19.8. The number of benzene rings is 2. The van der Waals surface area contributed by atoms with Crippen molar-refractivity contribution in [2.75, 3.05) is 46.2 Å². The molecule has 1 fully saturated rings. The Bertz CT molecular complexity index is 1110. The van der Waals surface area contributed by atoms with Gasteiger partial charge < -0.3 is 24.5 Å². The molecule has 7 heteroatoms. The molecule has 33 heavy (non-hydrogen) atoms. The van der Waals surface area contributed by atoms with Gasteiger partial charge in [0.2, 0.25) is 0 Å². The van der Waals surface area contributed by atoms with E-state index in [9.17, 15) is 14.7 Å². The fourth-order valence-corrected chi connectivity index (χ4v) is 4.44. The molecule has 2 aliphatic heterocycles. The number of hydrogen-bond donors (Lipinski definition) is 1. The minimum absolute atomic E-state index is 0.0734. The number of anilines is 1. The monoisotopic (exact) mass is 449 g/mol. The van der Waals surface area contributed by atoms with Gasteiger partial charge in [0.15, 0.2) is 0 Å². The number of fused-ring (bicyclic) bond motifs is 1. The summed E-state index contributed by atoms with van der Waals surface area (Å²) in [5, 5.41) is 11.3. The summed E-state index contributed by atoms with van der Waals surface area (Å²) in [6.45, 7) is 2.98. The molecule has 1 amide bonds. The van der Waals surface area contributed by atoms with Crippen molar-refractivity contribution < 1.29 is 19.4 Å². The number of hydrogen-bond acceptors (Lipinski definition) is 6. The SMILES string of the molecule is C[C@@H]1Cc2cc(/C(O)=C3\C(=O)C(=O)N(CCN(C)C)[C@@H]3c3ccc(N(C)C)cc3)ccc2O1. The molecule has 1 saturated heterocycles. The third-order valence-electron chi connectivity index (χ3n) is 6.22. The van der Waals surface area contributed by atoms with Gasteiger partial charge in [0.25, 0.3) is 11.7 Å². The van der Waals surface area contributed by atoms with Crippen LogP contribution in [-0.4, -0.2) is 74.0 Å². The highest BCUT2D eigenvalue weighted by Crippen LogP contribution is 2.40. The van der Waals surface area contributed by atoms with Crippen LogP contribution in [0.3, 0.4) is 0 Å². The lowest BCUT2D eigenvalue weighted by molar-refractivity contribution is -0.140. The molecule has 0 aliphatic carbocycles. The third kappa shape index (κ3) is 4.33. The number of nitrogens with zero attached hydrogens (tertiary/aromatic N) is 3. The van der Waals surface area contributed by atoms with E-state index in [2.05, 4.69) is 0 Å². The van der Waals surface area contributed by atoms with Crippen LogP contribution in [0.5, 0.6) is 5.75 Å². The highest BCUT2D eigenvalue weighted by Gasteiger charge is 2.46. The van der Waals surface area contributed by atoms with Gasteiger partial charge in [-0.2, -0.15) is 0 Å². The fraction of sp³-hybridized carbons (Fsp3) is 0.385. The van der Waals surface area contributed by atoms with E-state index in [1.807, 2.05) is 81.3 Å². The van der Waals surface area contributed by atoms with Crippen LogP contribution in [0.4, 0.5) is 5.69 Å². The molecule has 0 aromatic heterocycles. The summed E-state index contributed by atoms with van der Waals surface area (Å²) in [6, 6.07) is 12.5. The second kappa shape index (κ2) is 8.90. The van der Waals surface area contributed by atoms with E-state index in [1.54, 1.807) is 11.0 Å². The average molecular weight is 450 g/mol.